The summed E-state index contributed by atoms with van der Waals surface area (Å²) in [5.41, 5.74) is 3.09. The molecule has 33 heavy (non-hydrogen) atoms. The van der Waals surface area contributed by atoms with Crippen molar-refractivity contribution in [1.29, 1.82) is 0 Å². The predicted molar refractivity (Wildman–Crippen MR) is 130 cm³/mol. The van der Waals surface area contributed by atoms with Crippen LogP contribution in [0.15, 0.2) is 71.5 Å². The molecule has 1 aromatic heterocycles. The van der Waals surface area contributed by atoms with Crippen LogP contribution in [-0.4, -0.2) is 53.3 Å². The standard InChI is InChI=1S/C26H29N5O2/c32-25(19-31-26(33)12-11-24(28-31)21-5-2-1-3-6-21)27-22-7-4-8-23(17-22)30-15-13-29(14-16-30)18-20-9-10-20/h1-8,11-12,17,20H,9-10,13-16,18-19H2,(H,27,32). The number of rotatable bonds is 7. The normalized spacial score (nSPS) is 16.5. The predicted octanol–water partition coefficient (Wildman–Crippen LogP) is 3.08. The Bertz CT molecular complexity index is 1160. The molecule has 170 valence electrons. The fourth-order valence-corrected chi connectivity index (χ4v) is 4.30. The summed E-state index contributed by atoms with van der Waals surface area (Å²) in [4.78, 5) is 29.9. The van der Waals surface area contributed by atoms with Crippen LogP contribution >= 0.6 is 0 Å². The van der Waals surface area contributed by atoms with E-state index in [9.17, 15) is 9.59 Å². The number of aromatic nitrogens is 2. The van der Waals surface area contributed by atoms with E-state index in [2.05, 4.69) is 26.3 Å². The number of nitrogens with one attached hydrogen (secondary N) is 1. The van der Waals surface area contributed by atoms with Gasteiger partial charge in [-0.2, -0.15) is 5.10 Å². The first-order valence-corrected chi connectivity index (χ1v) is 11.6. The van der Waals surface area contributed by atoms with E-state index in [1.807, 2.05) is 48.5 Å². The highest BCUT2D eigenvalue weighted by molar-refractivity contribution is 5.91. The average Bonchev–Trinajstić information content (AvgIpc) is 3.66. The summed E-state index contributed by atoms with van der Waals surface area (Å²) in [7, 11) is 0. The maximum absolute atomic E-state index is 12.7. The van der Waals surface area contributed by atoms with E-state index in [0.717, 1.165) is 49.0 Å². The van der Waals surface area contributed by atoms with E-state index in [1.54, 1.807) is 6.07 Å². The molecular weight excluding hydrogens is 414 g/mol. The molecule has 0 unspecified atom stereocenters. The van der Waals surface area contributed by atoms with Crippen molar-refractivity contribution in [2.75, 3.05) is 42.9 Å². The Morgan fingerprint density at radius 3 is 2.48 bits per heavy atom. The lowest BCUT2D eigenvalue weighted by Gasteiger charge is -2.36. The lowest BCUT2D eigenvalue weighted by Crippen LogP contribution is -2.47. The number of anilines is 2. The third-order valence-electron chi connectivity index (χ3n) is 6.31. The molecule has 0 radical (unpaired) electrons. The zero-order valence-corrected chi connectivity index (χ0v) is 18.7. The van der Waals surface area contributed by atoms with E-state index in [4.69, 9.17) is 0 Å². The van der Waals surface area contributed by atoms with Gasteiger partial charge in [-0.3, -0.25) is 14.5 Å². The third-order valence-corrected chi connectivity index (χ3v) is 6.31. The summed E-state index contributed by atoms with van der Waals surface area (Å²) in [6.45, 7) is 5.26. The number of carbonyl (C=O) groups is 1. The second-order valence-electron chi connectivity index (χ2n) is 8.91. The molecule has 2 fully saturated rings. The van der Waals surface area contributed by atoms with Gasteiger partial charge in [0, 0.05) is 55.7 Å². The van der Waals surface area contributed by atoms with Gasteiger partial charge in [-0.05, 0) is 43.0 Å². The van der Waals surface area contributed by atoms with Gasteiger partial charge in [-0.1, -0.05) is 36.4 Å². The Labute approximate surface area is 193 Å². The first kappa shape index (κ1) is 21.4. The highest BCUT2D eigenvalue weighted by Gasteiger charge is 2.26. The van der Waals surface area contributed by atoms with Crippen LogP contribution < -0.4 is 15.8 Å². The van der Waals surface area contributed by atoms with E-state index < -0.39 is 0 Å². The Hall–Kier alpha value is -3.45. The number of amides is 1. The van der Waals surface area contributed by atoms with Crippen LogP contribution in [0.25, 0.3) is 11.3 Å². The molecule has 2 aromatic carbocycles. The largest absolute Gasteiger partial charge is 0.369 e. The maximum Gasteiger partial charge on any atom is 0.267 e. The minimum Gasteiger partial charge on any atom is -0.369 e. The summed E-state index contributed by atoms with van der Waals surface area (Å²) in [6, 6.07) is 20.7. The van der Waals surface area contributed by atoms with Crippen LogP contribution in [0.2, 0.25) is 0 Å². The zero-order chi connectivity index (χ0) is 22.6. The lowest BCUT2D eigenvalue weighted by atomic mass is 10.1. The topological polar surface area (TPSA) is 70.5 Å². The molecule has 0 atom stereocenters. The molecule has 0 bridgehead atoms. The van der Waals surface area contributed by atoms with Crippen molar-refractivity contribution in [3.63, 3.8) is 0 Å². The quantitative estimate of drug-likeness (QED) is 0.608. The summed E-state index contributed by atoms with van der Waals surface area (Å²) in [5.74, 6) is 0.645. The number of piperazine rings is 1. The van der Waals surface area contributed by atoms with Gasteiger partial charge in [-0.25, -0.2) is 4.68 Å². The molecule has 2 heterocycles. The van der Waals surface area contributed by atoms with Gasteiger partial charge in [0.2, 0.25) is 5.91 Å². The van der Waals surface area contributed by atoms with Crippen molar-refractivity contribution >= 4 is 17.3 Å². The van der Waals surface area contributed by atoms with Crippen molar-refractivity contribution in [2.24, 2.45) is 5.92 Å². The van der Waals surface area contributed by atoms with Crippen LogP contribution in [0.1, 0.15) is 12.8 Å². The number of benzene rings is 2. The molecule has 1 aliphatic heterocycles. The van der Waals surface area contributed by atoms with Gasteiger partial charge in [0.15, 0.2) is 0 Å². The van der Waals surface area contributed by atoms with Gasteiger partial charge < -0.3 is 10.2 Å². The van der Waals surface area contributed by atoms with E-state index in [1.165, 1.54) is 30.1 Å². The Morgan fingerprint density at radius 1 is 0.939 bits per heavy atom. The van der Waals surface area contributed by atoms with E-state index in [0.29, 0.717) is 5.69 Å². The molecule has 1 amide bonds. The fourth-order valence-electron chi connectivity index (χ4n) is 4.30. The van der Waals surface area contributed by atoms with Crippen LogP contribution in [0.4, 0.5) is 11.4 Å². The Balaban J connectivity index is 1.21. The molecule has 5 rings (SSSR count). The molecule has 1 saturated heterocycles. The molecule has 1 N–H and O–H groups in total. The lowest BCUT2D eigenvalue weighted by molar-refractivity contribution is -0.117. The van der Waals surface area contributed by atoms with Crippen LogP contribution in [-0.2, 0) is 11.3 Å². The third kappa shape index (κ3) is 5.49. The number of carbonyl (C=O) groups excluding carboxylic acids is 1. The molecule has 0 spiro atoms. The molecule has 1 saturated carbocycles. The molecule has 2 aliphatic rings. The van der Waals surface area contributed by atoms with Crippen LogP contribution in [0.5, 0.6) is 0 Å². The Morgan fingerprint density at radius 2 is 1.73 bits per heavy atom. The van der Waals surface area contributed by atoms with Crippen LogP contribution in [0.3, 0.4) is 0 Å². The first-order valence-electron chi connectivity index (χ1n) is 11.6. The van der Waals surface area contributed by atoms with Crippen molar-refractivity contribution in [1.82, 2.24) is 14.7 Å². The highest BCUT2D eigenvalue weighted by atomic mass is 16.2. The van der Waals surface area contributed by atoms with Gasteiger partial charge in [0.25, 0.3) is 5.56 Å². The second-order valence-corrected chi connectivity index (χ2v) is 8.91. The summed E-state index contributed by atoms with van der Waals surface area (Å²) in [5, 5.41) is 7.30. The SMILES string of the molecule is O=C(Cn1nc(-c2ccccc2)ccc1=O)Nc1cccc(N2CCN(CC3CC3)CC2)c1. The average molecular weight is 444 g/mol. The first-order chi connectivity index (χ1) is 16.1. The molecule has 7 heteroatoms. The summed E-state index contributed by atoms with van der Waals surface area (Å²) >= 11 is 0. The van der Waals surface area contributed by atoms with Gasteiger partial charge >= 0.3 is 0 Å². The number of hydrogen-bond acceptors (Lipinski definition) is 5. The molecule has 7 nitrogen and oxygen atoms in total. The van der Waals surface area contributed by atoms with E-state index >= 15 is 0 Å². The van der Waals surface area contributed by atoms with Crippen molar-refractivity contribution < 1.29 is 4.79 Å². The minimum absolute atomic E-state index is 0.135. The monoisotopic (exact) mass is 443 g/mol. The van der Waals surface area contributed by atoms with E-state index in [-0.39, 0.29) is 18.0 Å². The molecular formula is C26H29N5O2. The smallest absolute Gasteiger partial charge is 0.267 e. The number of nitrogens with zero attached hydrogens (tertiary/aromatic N) is 4. The Kier molecular flexibility index (Phi) is 6.21. The van der Waals surface area contributed by atoms with Gasteiger partial charge in [-0.15, -0.1) is 0 Å². The van der Waals surface area contributed by atoms with Gasteiger partial charge in [0.1, 0.15) is 6.54 Å². The summed E-state index contributed by atoms with van der Waals surface area (Å²) < 4.78 is 1.21. The van der Waals surface area contributed by atoms with Crippen LogP contribution in [0, 0.1) is 5.92 Å². The number of hydrogen-bond donors (Lipinski definition) is 1. The molecule has 3 aromatic rings. The maximum atomic E-state index is 12.7. The fraction of sp³-hybridized carbons (Fsp3) is 0.346. The summed E-state index contributed by atoms with van der Waals surface area (Å²) in [6.07, 6.45) is 2.78. The van der Waals surface area contributed by atoms with Crippen molar-refractivity contribution in [3.8, 4) is 11.3 Å². The van der Waals surface area contributed by atoms with Crippen molar-refractivity contribution in [3.05, 3.63) is 77.1 Å². The molecule has 1 aliphatic carbocycles. The van der Waals surface area contributed by atoms with Gasteiger partial charge in [0.05, 0.1) is 5.69 Å². The van der Waals surface area contributed by atoms with Crippen molar-refractivity contribution in [2.45, 2.75) is 19.4 Å². The second kappa shape index (κ2) is 9.58. The highest BCUT2D eigenvalue weighted by Crippen LogP contribution is 2.30. The zero-order valence-electron chi connectivity index (χ0n) is 18.7. The minimum atomic E-state index is -0.303.